The quantitative estimate of drug-likeness (QED) is 0.164. The SMILES string of the molecule is CSCCC(NC(=O)c1ccc(COCc2ccc(-c3ccc(F)cc3)o2)cc1-c1ccccc1C(F)(F)F)C(=O)O. The van der Waals surface area contributed by atoms with Gasteiger partial charge in [0.15, 0.2) is 0 Å². The summed E-state index contributed by atoms with van der Waals surface area (Å²) in [6, 6.07) is 17.2. The summed E-state index contributed by atoms with van der Waals surface area (Å²) in [5, 5.41) is 12.0. The van der Waals surface area contributed by atoms with Crippen LogP contribution in [0.15, 0.2) is 83.3 Å². The number of amides is 1. The fourth-order valence-electron chi connectivity index (χ4n) is 4.29. The number of halogens is 4. The monoisotopic (exact) mass is 601 g/mol. The van der Waals surface area contributed by atoms with Crippen LogP contribution in [-0.2, 0) is 28.9 Å². The number of nitrogens with one attached hydrogen (secondary N) is 1. The Hall–Kier alpha value is -4.09. The number of rotatable bonds is 12. The van der Waals surface area contributed by atoms with Gasteiger partial charge in [0.05, 0.1) is 12.2 Å². The lowest BCUT2D eigenvalue weighted by atomic mass is 9.93. The minimum Gasteiger partial charge on any atom is -0.480 e. The van der Waals surface area contributed by atoms with Crippen molar-refractivity contribution in [2.45, 2.75) is 31.9 Å². The van der Waals surface area contributed by atoms with Gasteiger partial charge in [-0.25, -0.2) is 9.18 Å². The van der Waals surface area contributed by atoms with Gasteiger partial charge in [0.2, 0.25) is 0 Å². The van der Waals surface area contributed by atoms with Crippen LogP contribution in [0, 0.1) is 5.82 Å². The second-order valence-electron chi connectivity index (χ2n) is 9.33. The number of aliphatic carboxylic acids is 1. The predicted molar refractivity (Wildman–Crippen MR) is 151 cm³/mol. The second kappa shape index (κ2) is 13.7. The van der Waals surface area contributed by atoms with Gasteiger partial charge in [-0.15, -0.1) is 0 Å². The largest absolute Gasteiger partial charge is 0.480 e. The molecule has 0 spiro atoms. The number of benzene rings is 3. The van der Waals surface area contributed by atoms with Gasteiger partial charge in [0.25, 0.3) is 5.91 Å². The Morgan fingerprint density at radius 1 is 0.976 bits per heavy atom. The molecule has 1 atom stereocenters. The molecule has 0 fully saturated rings. The molecule has 0 aliphatic rings. The predicted octanol–water partition coefficient (Wildman–Crippen LogP) is 7.42. The summed E-state index contributed by atoms with van der Waals surface area (Å²) in [6.45, 7) is 0.0365. The summed E-state index contributed by atoms with van der Waals surface area (Å²) in [5.74, 6) is -0.928. The van der Waals surface area contributed by atoms with Crippen LogP contribution >= 0.6 is 11.8 Å². The minimum atomic E-state index is -4.69. The molecule has 0 saturated heterocycles. The van der Waals surface area contributed by atoms with Gasteiger partial charge in [-0.2, -0.15) is 24.9 Å². The van der Waals surface area contributed by atoms with Crippen molar-refractivity contribution in [3.05, 3.63) is 107 Å². The van der Waals surface area contributed by atoms with Crippen LogP contribution in [0.5, 0.6) is 0 Å². The molecule has 1 aromatic heterocycles. The maximum absolute atomic E-state index is 13.9. The van der Waals surface area contributed by atoms with Gasteiger partial charge in [-0.1, -0.05) is 24.3 Å². The third-order valence-corrected chi connectivity index (χ3v) is 7.01. The Labute approximate surface area is 243 Å². The zero-order valence-corrected chi connectivity index (χ0v) is 23.2. The summed E-state index contributed by atoms with van der Waals surface area (Å²) in [5.41, 5.74) is -0.0850. The highest BCUT2D eigenvalue weighted by Crippen LogP contribution is 2.38. The molecule has 4 aromatic rings. The average molecular weight is 602 g/mol. The van der Waals surface area contributed by atoms with E-state index in [1.165, 1.54) is 54.2 Å². The van der Waals surface area contributed by atoms with Gasteiger partial charge in [0, 0.05) is 11.1 Å². The lowest BCUT2D eigenvalue weighted by Crippen LogP contribution is -2.41. The van der Waals surface area contributed by atoms with E-state index in [4.69, 9.17) is 9.15 Å². The van der Waals surface area contributed by atoms with Gasteiger partial charge in [-0.3, -0.25) is 4.79 Å². The Kier molecular flexibility index (Phi) is 10.1. The Balaban J connectivity index is 1.58. The molecule has 6 nitrogen and oxygen atoms in total. The van der Waals surface area contributed by atoms with Crippen LogP contribution in [0.1, 0.15) is 33.7 Å². The first kappa shape index (κ1) is 30.9. The molecule has 1 amide bonds. The number of carbonyl (C=O) groups excluding carboxylic acids is 1. The number of hydrogen-bond donors (Lipinski definition) is 2. The standard InChI is InChI=1S/C31H27F4NO5S/c1-42-15-14-27(30(38)39)36-29(37)24-12-6-19(16-25(24)23-4-2-3-5-26(23)31(33,34)35)17-40-18-22-11-13-28(41-22)20-7-9-21(32)10-8-20/h2-13,16,27H,14-15,17-18H2,1H3,(H,36,37)(H,38,39). The number of ether oxygens (including phenoxy) is 1. The van der Waals surface area contributed by atoms with Crippen molar-refractivity contribution in [3.8, 4) is 22.5 Å². The minimum absolute atomic E-state index is 0.00729. The molecule has 0 bridgehead atoms. The number of carbonyl (C=O) groups is 2. The maximum Gasteiger partial charge on any atom is 0.417 e. The number of thioether (sulfide) groups is 1. The molecule has 11 heteroatoms. The molecule has 42 heavy (non-hydrogen) atoms. The molecule has 4 rings (SSSR count). The van der Waals surface area contributed by atoms with Crippen LogP contribution < -0.4 is 5.32 Å². The third kappa shape index (κ3) is 7.80. The maximum atomic E-state index is 13.9. The van der Waals surface area contributed by atoms with Crippen LogP contribution in [0.3, 0.4) is 0 Å². The fraction of sp³-hybridized carbons (Fsp3) is 0.226. The molecule has 1 unspecified atom stereocenters. The van der Waals surface area contributed by atoms with E-state index in [2.05, 4.69) is 5.32 Å². The molecular weight excluding hydrogens is 574 g/mol. The van der Waals surface area contributed by atoms with Crippen LogP contribution in [-0.4, -0.2) is 35.0 Å². The van der Waals surface area contributed by atoms with E-state index in [9.17, 15) is 32.3 Å². The summed E-state index contributed by atoms with van der Waals surface area (Å²) < 4.78 is 66.5. The normalized spacial score (nSPS) is 12.2. The lowest BCUT2D eigenvalue weighted by molar-refractivity contribution is -0.139. The van der Waals surface area contributed by atoms with Crippen molar-refractivity contribution in [2.24, 2.45) is 0 Å². The summed E-state index contributed by atoms with van der Waals surface area (Å²) >= 11 is 1.41. The van der Waals surface area contributed by atoms with Crippen molar-refractivity contribution < 1.29 is 41.4 Å². The molecule has 3 aromatic carbocycles. The molecule has 0 radical (unpaired) electrons. The number of furan rings is 1. The lowest BCUT2D eigenvalue weighted by Gasteiger charge is -2.19. The highest BCUT2D eigenvalue weighted by Gasteiger charge is 2.34. The fourth-order valence-corrected chi connectivity index (χ4v) is 4.76. The van der Waals surface area contributed by atoms with Crippen LogP contribution in [0.25, 0.3) is 22.5 Å². The highest BCUT2D eigenvalue weighted by atomic mass is 32.2. The first-order chi connectivity index (χ1) is 20.1. The Morgan fingerprint density at radius 3 is 2.40 bits per heavy atom. The van der Waals surface area contributed by atoms with E-state index in [1.807, 2.05) is 0 Å². The zero-order chi connectivity index (χ0) is 30.3. The van der Waals surface area contributed by atoms with E-state index in [-0.39, 0.29) is 42.1 Å². The van der Waals surface area contributed by atoms with Crippen LogP contribution in [0.4, 0.5) is 17.6 Å². The van der Waals surface area contributed by atoms with Crippen molar-refractivity contribution in [2.75, 3.05) is 12.0 Å². The average Bonchev–Trinajstić information content (AvgIpc) is 3.43. The van der Waals surface area contributed by atoms with Gasteiger partial charge >= 0.3 is 12.1 Å². The van der Waals surface area contributed by atoms with Gasteiger partial charge < -0.3 is 19.6 Å². The zero-order valence-electron chi connectivity index (χ0n) is 22.4. The van der Waals surface area contributed by atoms with Gasteiger partial charge in [0.1, 0.15) is 30.0 Å². The summed E-state index contributed by atoms with van der Waals surface area (Å²) in [7, 11) is 0. The molecule has 0 aliphatic carbocycles. The first-order valence-electron chi connectivity index (χ1n) is 12.8. The third-order valence-electron chi connectivity index (χ3n) is 6.37. The molecule has 2 N–H and O–H groups in total. The van der Waals surface area contributed by atoms with E-state index < -0.39 is 29.7 Å². The number of hydrogen-bond acceptors (Lipinski definition) is 5. The van der Waals surface area contributed by atoms with Crippen molar-refractivity contribution in [3.63, 3.8) is 0 Å². The smallest absolute Gasteiger partial charge is 0.417 e. The van der Waals surface area contributed by atoms with E-state index in [0.29, 0.717) is 28.4 Å². The summed E-state index contributed by atoms with van der Waals surface area (Å²) in [6.07, 6.45) is -2.75. The molecule has 1 heterocycles. The van der Waals surface area contributed by atoms with Gasteiger partial charge in [-0.05, 0) is 89.7 Å². The number of carboxylic acids is 1. The van der Waals surface area contributed by atoms with E-state index >= 15 is 0 Å². The van der Waals surface area contributed by atoms with E-state index in [1.54, 1.807) is 36.6 Å². The molecule has 0 aliphatic heterocycles. The molecule has 0 saturated carbocycles. The second-order valence-corrected chi connectivity index (χ2v) is 10.3. The first-order valence-corrected chi connectivity index (χ1v) is 14.2. The van der Waals surface area contributed by atoms with Crippen molar-refractivity contribution >= 4 is 23.6 Å². The summed E-state index contributed by atoms with van der Waals surface area (Å²) in [4.78, 5) is 24.9. The Morgan fingerprint density at radius 2 is 1.71 bits per heavy atom. The molecule has 220 valence electrons. The number of alkyl halides is 3. The van der Waals surface area contributed by atoms with Crippen LogP contribution in [0.2, 0.25) is 0 Å². The van der Waals surface area contributed by atoms with Crippen molar-refractivity contribution in [1.29, 1.82) is 0 Å². The highest BCUT2D eigenvalue weighted by molar-refractivity contribution is 7.98. The number of carboxylic acid groups (broad SMARTS) is 1. The van der Waals surface area contributed by atoms with Crippen molar-refractivity contribution in [1.82, 2.24) is 5.32 Å². The Bertz CT molecular complexity index is 1540. The van der Waals surface area contributed by atoms with E-state index in [0.717, 1.165) is 6.07 Å². The molecular formula is C31H27F4NO5S. The topological polar surface area (TPSA) is 88.8 Å².